The summed E-state index contributed by atoms with van der Waals surface area (Å²) in [7, 11) is 2.07. The largest absolute Gasteiger partial charge is 0.311 e. The van der Waals surface area contributed by atoms with E-state index in [1.54, 1.807) is 0 Å². The molecule has 94 valence electrons. The lowest BCUT2D eigenvalue weighted by Gasteiger charge is -2.36. The summed E-state index contributed by atoms with van der Waals surface area (Å²) in [6.07, 6.45) is 8.74. The Hall–Kier alpha value is -0.890. The van der Waals surface area contributed by atoms with E-state index in [-0.39, 0.29) is 0 Å². The highest BCUT2D eigenvalue weighted by Crippen LogP contribution is 2.39. The Morgan fingerprint density at radius 3 is 2.82 bits per heavy atom. The first-order valence-electron chi connectivity index (χ1n) is 6.95. The molecule has 2 nitrogen and oxygen atoms in total. The first-order valence-corrected chi connectivity index (χ1v) is 6.95. The fraction of sp³-hybridized carbons (Fsp3) is 0.667. The van der Waals surface area contributed by atoms with Gasteiger partial charge < -0.3 is 5.32 Å². The monoisotopic (exact) mass is 232 g/mol. The molecule has 1 aliphatic rings. The van der Waals surface area contributed by atoms with Gasteiger partial charge in [-0.05, 0) is 37.4 Å². The van der Waals surface area contributed by atoms with E-state index < -0.39 is 0 Å². The van der Waals surface area contributed by atoms with E-state index >= 15 is 0 Å². The van der Waals surface area contributed by atoms with E-state index in [1.165, 1.54) is 37.8 Å². The molecule has 1 saturated carbocycles. The molecule has 1 aromatic rings. The van der Waals surface area contributed by atoms with E-state index in [1.807, 2.05) is 12.3 Å². The second-order valence-corrected chi connectivity index (χ2v) is 5.14. The molecule has 1 aromatic heterocycles. The first kappa shape index (κ1) is 12.6. The van der Waals surface area contributed by atoms with Crippen LogP contribution in [0.3, 0.4) is 0 Å². The maximum atomic E-state index is 4.53. The van der Waals surface area contributed by atoms with Gasteiger partial charge in [-0.25, -0.2) is 0 Å². The summed E-state index contributed by atoms with van der Waals surface area (Å²) < 4.78 is 0. The SMILES string of the molecule is CCC1CCCCC1C(NC)c1ccccn1. The van der Waals surface area contributed by atoms with Gasteiger partial charge in [-0.2, -0.15) is 0 Å². The zero-order valence-corrected chi connectivity index (χ0v) is 11.0. The number of nitrogens with zero attached hydrogens (tertiary/aromatic N) is 1. The van der Waals surface area contributed by atoms with Crippen molar-refractivity contribution < 1.29 is 0 Å². The highest BCUT2D eigenvalue weighted by molar-refractivity contribution is 5.10. The minimum absolute atomic E-state index is 0.432. The number of nitrogens with one attached hydrogen (secondary N) is 1. The van der Waals surface area contributed by atoms with Crippen LogP contribution in [0.5, 0.6) is 0 Å². The standard InChI is InChI=1S/C15H24N2/c1-3-12-8-4-5-9-13(12)15(16-2)14-10-6-7-11-17-14/h6-7,10-13,15-16H,3-5,8-9H2,1-2H3. The Morgan fingerprint density at radius 2 is 2.18 bits per heavy atom. The summed E-state index contributed by atoms with van der Waals surface area (Å²) >= 11 is 0. The van der Waals surface area contributed by atoms with Gasteiger partial charge in [-0.1, -0.05) is 38.7 Å². The van der Waals surface area contributed by atoms with Crippen LogP contribution in [0.2, 0.25) is 0 Å². The molecule has 17 heavy (non-hydrogen) atoms. The van der Waals surface area contributed by atoms with Crippen LogP contribution in [0, 0.1) is 11.8 Å². The van der Waals surface area contributed by atoms with Crippen LogP contribution in [0.25, 0.3) is 0 Å². The van der Waals surface area contributed by atoms with Gasteiger partial charge in [0.15, 0.2) is 0 Å². The van der Waals surface area contributed by atoms with Gasteiger partial charge in [0.2, 0.25) is 0 Å². The average Bonchev–Trinajstić information content (AvgIpc) is 2.41. The topological polar surface area (TPSA) is 24.9 Å². The highest BCUT2D eigenvalue weighted by Gasteiger charge is 2.31. The first-order chi connectivity index (χ1) is 8.36. The van der Waals surface area contributed by atoms with E-state index in [0.717, 1.165) is 11.8 Å². The lowest BCUT2D eigenvalue weighted by molar-refractivity contribution is 0.178. The van der Waals surface area contributed by atoms with Crippen LogP contribution in [0.15, 0.2) is 24.4 Å². The number of pyridine rings is 1. The molecule has 3 unspecified atom stereocenters. The predicted octanol–water partition coefficient (Wildman–Crippen LogP) is 3.56. The fourth-order valence-corrected chi connectivity index (χ4v) is 3.32. The van der Waals surface area contributed by atoms with Crippen molar-refractivity contribution in [2.24, 2.45) is 11.8 Å². The third-order valence-corrected chi connectivity index (χ3v) is 4.24. The Balaban J connectivity index is 2.16. The minimum Gasteiger partial charge on any atom is -0.311 e. The second kappa shape index (κ2) is 6.15. The Kier molecular flexibility index (Phi) is 4.55. The summed E-state index contributed by atoms with van der Waals surface area (Å²) in [6, 6.07) is 6.68. The molecule has 0 saturated heterocycles. The van der Waals surface area contributed by atoms with Crippen LogP contribution in [-0.2, 0) is 0 Å². The Bertz CT molecular complexity index is 323. The third kappa shape index (κ3) is 2.86. The van der Waals surface area contributed by atoms with Crippen LogP contribution in [0.4, 0.5) is 0 Å². The van der Waals surface area contributed by atoms with E-state index in [4.69, 9.17) is 0 Å². The molecule has 2 heteroatoms. The van der Waals surface area contributed by atoms with Crippen molar-refractivity contribution in [3.05, 3.63) is 30.1 Å². The number of hydrogen-bond donors (Lipinski definition) is 1. The molecule has 0 amide bonds. The van der Waals surface area contributed by atoms with Crippen molar-refractivity contribution in [3.63, 3.8) is 0 Å². The van der Waals surface area contributed by atoms with Gasteiger partial charge in [0.05, 0.1) is 11.7 Å². The molecule has 0 aromatic carbocycles. The van der Waals surface area contributed by atoms with E-state index in [9.17, 15) is 0 Å². The van der Waals surface area contributed by atoms with Gasteiger partial charge >= 0.3 is 0 Å². The summed E-state index contributed by atoms with van der Waals surface area (Å²) in [5, 5.41) is 3.49. The summed E-state index contributed by atoms with van der Waals surface area (Å²) in [6.45, 7) is 2.33. The number of rotatable bonds is 4. The van der Waals surface area contributed by atoms with Crippen LogP contribution in [-0.4, -0.2) is 12.0 Å². The van der Waals surface area contributed by atoms with Gasteiger partial charge in [-0.3, -0.25) is 4.98 Å². The van der Waals surface area contributed by atoms with Crippen LogP contribution >= 0.6 is 0 Å². The van der Waals surface area contributed by atoms with Gasteiger partial charge in [-0.15, -0.1) is 0 Å². The quantitative estimate of drug-likeness (QED) is 0.858. The zero-order chi connectivity index (χ0) is 12.1. The van der Waals surface area contributed by atoms with Gasteiger partial charge in [0, 0.05) is 6.20 Å². The fourth-order valence-electron chi connectivity index (χ4n) is 3.32. The van der Waals surface area contributed by atoms with E-state index in [2.05, 4.69) is 36.4 Å². The normalized spacial score (nSPS) is 26.7. The molecule has 0 spiro atoms. The number of aromatic nitrogens is 1. The van der Waals surface area contributed by atoms with Crippen molar-refractivity contribution in [1.29, 1.82) is 0 Å². The Morgan fingerprint density at radius 1 is 1.35 bits per heavy atom. The zero-order valence-electron chi connectivity index (χ0n) is 11.0. The molecule has 1 aliphatic carbocycles. The van der Waals surface area contributed by atoms with Crippen molar-refractivity contribution in [1.82, 2.24) is 10.3 Å². The molecule has 1 fully saturated rings. The third-order valence-electron chi connectivity index (χ3n) is 4.24. The van der Waals surface area contributed by atoms with Crippen LogP contribution in [0.1, 0.15) is 50.8 Å². The molecule has 3 atom stereocenters. The Labute approximate surface area is 105 Å². The van der Waals surface area contributed by atoms with Crippen molar-refractivity contribution >= 4 is 0 Å². The minimum atomic E-state index is 0.432. The lowest BCUT2D eigenvalue weighted by atomic mass is 9.73. The van der Waals surface area contributed by atoms with Crippen LogP contribution < -0.4 is 5.32 Å². The predicted molar refractivity (Wildman–Crippen MR) is 71.8 cm³/mol. The summed E-state index contributed by atoms with van der Waals surface area (Å²) in [5.41, 5.74) is 1.21. The molecule has 0 bridgehead atoms. The van der Waals surface area contributed by atoms with E-state index in [0.29, 0.717) is 6.04 Å². The molecule has 0 aliphatic heterocycles. The number of hydrogen-bond acceptors (Lipinski definition) is 2. The molecule has 1 heterocycles. The molecule has 2 rings (SSSR count). The van der Waals surface area contributed by atoms with Gasteiger partial charge in [0.1, 0.15) is 0 Å². The smallest absolute Gasteiger partial charge is 0.0576 e. The second-order valence-electron chi connectivity index (χ2n) is 5.14. The van der Waals surface area contributed by atoms with Crippen molar-refractivity contribution in [3.8, 4) is 0 Å². The summed E-state index contributed by atoms with van der Waals surface area (Å²) in [5.74, 6) is 1.62. The van der Waals surface area contributed by atoms with Crippen molar-refractivity contribution in [2.45, 2.75) is 45.1 Å². The molecule has 0 radical (unpaired) electrons. The maximum Gasteiger partial charge on any atom is 0.0576 e. The molecule has 1 N–H and O–H groups in total. The maximum absolute atomic E-state index is 4.53. The van der Waals surface area contributed by atoms with Gasteiger partial charge in [0.25, 0.3) is 0 Å². The molecular weight excluding hydrogens is 208 g/mol. The van der Waals surface area contributed by atoms with Crippen molar-refractivity contribution in [2.75, 3.05) is 7.05 Å². The lowest BCUT2D eigenvalue weighted by Crippen LogP contribution is -2.33. The summed E-state index contributed by atoms with van der Waals surface area (Å²) in [4.78, 5) is 4.53. The average molecular weight is 232 g/mol. The highest BCUT2D eigenvalue weighted by atomic mass is 14.9. The molecular formula is C15H24N2.